The van der Waals surface area contributed by atoms with Crippen LogP contribution in [-0.2, 0) is 11.2 Å². The Kier molecular flexibility index (Phi) is 6.87. The number of aromatic amines is 1. The number of fused-ring (bicyclic) bond motifs is 3. The zero-order valence-electron chi connectivity index (χ0n) is 18.3. The largest absolute Gasteiger partial charge is 0.356 e. The fraction of sp³-hybridized carbons (Fsp3) is 0.625. The Hall–Kier alpha value is -1.66. The molecule has 1 aromatic carbocycles. The number of nitrogens with one attached hydrogen (secondary N) is 1. The lowest BCUT2D eigenvalue weighted by molar-refractivity contribution is -0.136. The maximum absolute atomic E-state index is 13.4. The second kappa shape index (κ2) is 9.45. The summed E-state index contributed by atoms with van der Waals surface area (Å²) in [4.78, 5) is 20.8. The van der Waals surface area contributed by atoms with Crippen molar-refractivity contribution in [3.63, 3.8) is 0 Å². The fourth-order valence-corrected chi connectivity index (χ4v) is 5.43. The smallest absolute Gasteiger partial charge is 0.251 e. The first-order valence-electron chi connectivity index (χ1n) is 11.4. The topological polar surface area (TPSA) is 39.3 Å². The van der Waals surface area contributed by atoms with Gasteiger partial charge < -0.3 is 9.88 Å². The zero-order chi connectivity index (χ0) is 22.1. The standard InChI is InChI=1S/C24H32ClF2N3O/c1-15(2)11-21-24-18(19-13-17(25)3-4-20(19)28-24)7-10-30(21)23(31)12-16-5-8-29(9-6-16)14-22(26)27/h3-4,13,15-16,21-22,28H,5-12,14H2,1-2H3/t21-/m0/s1. The van der Waals surface area contributed by atoms with Gasteiger partial charge in [-0.2, -0.15) is 0 Å². The molecule has 1 atom stereocenters. The lowest BCUT2D eigenvalue weighted by atomic mass is 9.89. The van der Waals surface area contributed by atoms with Gasteiger partial charge in [0.25, 0.3) is 6.43 Å². The van der Waals surface area contributed by atoms with Gasteiger partial charge >= 0.3 is 0 Å². The molecule has 2 aromatic rings. The summed E-state index contributed by atoms with van der Waals surface area (Å²) in [5.41, 5.74) is 3.51. The lowest BCUT2D eigenvalue weighted by Gasteiger charge is -2.38. The van der Waals surface area contributed by atoms with Gasteiger partial charge in [-0.1, -0.05) is 25.4 Å². The first-order valence-corrected chi connectivity index (χ1v) is 11.8. The Bertz CT molecular complexity index is 921. The number of rotatable bonds is 6. The molecule has 0 aliphatic carbocycles. The van der Waals surface area contributed by atoms with E-state index in [4.69, 9.17) is 11.6 Å². The summed E-state index contributed by atoms with van der Waals surface area (Å²) < 4.78 is 25.2. The summed E-state index contributed by atoms with van der Waals surface area (Å²) in [6.45, 7) is 6.25. The Morgan fingerprint density at radius 1 is 1.23 bits per heavy atom. The van der Waals surface area contributed by atoms with Crippen molar-refractivity contribution in [3.05, 3.63) is 34.5 Å². The third-order valence-corrected chi connectivity index (χ3v) is 7.03. The van der Waals surface area contributed by atoms with Gasteiger partial charge in [-0.3, -0.25) is 9.69 Å². The van der Waals surface area contributed by atoms with Crippen molar-refractivity contribution >= 4 is 28.4 Å². The molecule has 7 heteroatoms. The number of carbonyl (C=O) groups excluding carboxylic acids is 1. The van der Waals surface area contributed by atoms with E-state index in [2.05, 4.69) is 23.7 Å². The van der Waals surface area contributed by atoms with Crippen molar-refractivity contribution in [1.29, 1.82) is 0 Å². The molecule has 170 valence electrons. The number of hydrogen-bond acceptors (Lipinski definition) is 2. The first kappa shape index (κ1) is 22.5. The Labute approximate surface area is 187 Å². The van der Waals surface area contributed by atoms with Crippen LogP contribution in [0.25, 0.3) is 10.9 Å². The van der Waals surface area contributed by atoms with E-state index in [1.54, 1.807) is 0 Å². The Balaban J connectivity index is 1.49. The van der Waals surface area contributed by atoms with Gasteiger partial charge in [0.1, 0.15) is 0 Å². The minimum absolute atomic E-state index is 0.0429. The molecule has 1 N–H and O–H groups in total. The van der Waals surface area contributed by atoms with E-state index >= 15 is 0 Å². The monoisotopic (exact) mass is 451 g/mol. The van der Waals surface area contributed by atoms with Crippen LogP contribution in [0.2, 0.25) is 5.02 Å². The molecule has 4 rings (SSSR count). The molecule has 3 heterocycles. The van der Waals surface area contributed by atoms with Crippen molar-refractivity contribution < 1.29 is 13.6 Å². The van der Waals surface area contributed by atoms with Crippen LogP contribution in [-0.4, -0.2) is 53.3 Å². The molecular weight excluding hydrogens is 420 g/mol. The number of H-pyrrole nitrogens is 1. The highest BCUT2D eigenvalue weighted by atomic mass is 35.5. The molecular formula is C24H32ClF2N3O. The van der Waals surface area contributed by atoms with Crippen molar-refractivity contribution in [1.82, 2.24) is 14.8 Å². The fourth-order valence-electron chi connectivity index (χ4n) is 5.26. The Morgan fingerprint density at radius 3 is 2.65 bits per heavy atom. The minimum atomic E-state index is -2.29. The van der Waals surface area contributed by atoms with Crippen LogP contribution < -0.4 is 0 Å². The van der Waals surface area contributed by atoms with Crippen LogP contribution in [0.5, 0.6) is 0 Å². The average Bonchev–Trinajstić information content (AvgIpc) is 3.07. The number of alkyl halides is 2. The number of likely N-dealkylation sites (tertiary alicyclic amines) is 1. The maximum atomic E-state index is 13.4. The molecule has 2 aliphatic heterocycles. The summed E-state index contributed by atoms with van der Waals surface area (Å²) in [5.74, 6) is 0.933. The number of halogens is 3. The quantitative estimate of drug-likeness (QED) is 0.615. The van der Waals surface area contributed by atoms with Gasteiger partial charge in [-0.05, 0) is 74.4 Å². The summed E-state index contributed by atoms with van der Waals surface area (Å²) in [6.07, 6.45) is 1.59. The molecule has 0 bridgehead atoms. The molecule has 1 amide bonds. The number of piperidine rings is 1. The average molecular weight is 452 g/mol. The van der Waals surface area contributed by atoms with Crippen molar-refractivity contribution in [2.45, 2.75) is 58.4 Å². The van der Waals surface area contributed by atoms with Crippen molar-refractivity contribution in [2.75, 3.05) is 26.2 Å². The first-order chi connectivity index (χ1) is 14.8. The molecule has 0 spiro atoms. The highest BCUT2D eigenvalue weighted by Crippen LogP contribution is 2.39. The number of hydrogen-bond donors (Lipinski definition) is 1. The van der Waals surface area contributed by atoms with Gasteiger partial charge in [-0.25, -0.2) is 8.78 Å². The SMILES string of the molecule is CC(C)C[C@H]1c2[nH]c3ccc(Cl)cc3c2CCN1C(=O)CC1CCN(CC(F)F)CC1. The molecule has 31 heavy (non-hydrogen) atoms. The van der Waals surface area contributed by atoms with Crippen molar-refractivity contribution in [3.8, 4) is 0 Å². The van der Waals surface area contributed by atoms with Crippen LogP contribution >= 0.6 is 11.6 Å². The minimum Gasteiger partial charge on any atom is -0.356 e. The van der Waals surface area contributed by atoms with E-state index in [0.29, 0.717) is 32.0 Å². The molecule has 1 fully saturated rings. The molecule has 0 unspecified atom stereocenters. The number of amides is 1. The molecule has 0 radical (unpaired) electrons. The highest BCUT2D eigenvalue weighted by molar-refractivity contribution is 6.31. The van der Waals surface area contributed by atoms with Crippen LogP contribution in [0, 0.1) is 11.8 Å². The van der Waals surface area contributed by atoms with Gasteiger partial charge in [-0.15, -0.1) is 0 Å². The number of carbonyl (C=O) groups is 1. The molecule has 0 saturated carbocycles. The van der Waals surface area contributed by atoms with Gasteiger partial charge in [0.15, 0.2) is 0 Å². The predicted molar refractivity (Wildman–Crippen MR) is 121 cm³/mol. The van der Waals surface area contributed by atoms with E-state index in [-0.39, 0.29) is 24.4 Å². The number of aromatic nitrogens is 1. The second-order valence-corrected chi connectivity index (χ2v) is 9.97. The number of benzene rings is 1. The van der Waals surface area contributed by atoms with Gasteiger partial charge in [0.2, 0.25) is 5.91 Å². The van der Waals surface area contributed by atoms with Crippen LogP contribution in [0.4, 0.5) is 8.78 Å². The molecule has 1 aromatic heterocycles. The molecule has 4 nitrogen and oxygen atoms in total. The van der Waals surface area contributed by atoms with E-state index in [0.717, 1.165) is 47.3 Å². The van der Waals surface area contributed by atoms with E-state index in [9.17, 15) is 13.6 Å². The summed E-state index contributed by atoms with van der Waals surface area (Å²) in [5, 5.41) is 1.89. The third kappa shape index (κ3) is 5.06. The van der Waals surface area contributed by atoms with E-state index in [1.165, 1.54) is 5.56 Å². The third-order valence-electron chi connectivity index (χ3n) is 6.80. The normalized spacial score (nSPS) is 20.7. The predicted octanol–water partition coefficient (Wildman–Crippen LogP) is 5.66. The second-order valence-electron chi connectivity index (χ2n) is 9.53. The van der Waals surface area contributed by atoms with Crippen LogP contribution in [0.15, 0.2) is 18.2 Å². The maximum Gasteiger partial charge on any atom is 0.251 e. The van der Waals surface area contributed by atoms with Crippen molar-refractivity contribution in [2.24, 2.45) is 11.8 Å². The zero-order valence-corrected chi connectivity index (χ0v) is 19.1. The van der Waals surface area contributed by atoms with Crippen LogP contribution in [0.3, 0.4) is 0 Å². The molecule has 1 saturated heterocycles. The summed E-state index contributed by atoms with van der Waals surface area (Å²) >= 11 is 6.24. The summed E-state index contributed by atoms with van der Waals surface area (Å²) in [7, 11) is 0. The number of nitrogens with zero attached hydrogens (tertiary/aromatic N) is 2. The van der Waals surface area contributed by atoms with Crippen LogP contribution in [0.1, 0.15) is 56.8 Å². The Morgan fingerprint density at radius 2 is 1.97 bits per heavy atom. The molecule has 2 aliphatic rings. The van der Waals surface area contributed by atoms with Gasteiger partial charge in [0, 0.05) is 34.6 Å². The van der Waals surface area contributed by atoms with E-state index in [1.807, 2.05) is 23.1 Å². The van der Waals surface area contributed by atoms with Gasteiger partial charge in [0.05, 0.1) is 12.6 Å². The summed E-state index contributed by atoms with van der Waals surface area (Å²) in [6, 6.07) is 5.97. The lowest BCUT2D eigenvalue weighted by Crippen LogP contribution is -2.43. The highest BCUT2D eigenvalue weighted by Gasteiger charge is 2.35. The van der Waals surface area contributed by atoms with E-state index < -0.39 is 6.43 Å².